The van der Waals surface area contributed by atoms with Crippen molar-refractivity contribution in [2.75, 3.05) is 19.6 Å². The third-order valence-electron chi connectivity index (χ3n) is 2.90. The fraction of sp³-hybridized carbons (Fsp3) is 0.727. The minimum atomic E-state index is 0.644. The van der Waals surface area contributed by atoms with Crippen molar-refractivity contribution in [3.63, 3.8) is 0 Å². The number of thiazole rings is 1. The van der Waals surface area contributed by atoms with E-state index in [4.69, 9.17) is 0 Å². The molecule has 2 heterocycles. The van der Waals surface area contributed by atoms with Crippen molar-refractivity contribution >= 4 is 11.3 Å². The van der Waals surface area contributed by atoms with Gasteiger partial charge >= 0.3 is 0 Å². The molecule has 0 aromatic carbocycles. The second kappa shape index (κ2) is 5.05. The zero-order chi connectivity index (χ0) is 10.7. The lowest BCUT2D eigenvalue weighted by Gasteiger charge is -2.33. The Morgan fingerprint density at radius 2 is 2.53 bits per heavy atom. The number of hydrogen-bond acceptors (Lipinski definition) is 4. The first-order valence-corrected chi connectivity index (χ1v) is 6.49. The molecule has 1 aromatic heterocycles. The molecule has 0 unspecified atom stereocenters. The molecular formula is C11H19N3S. The van der Waals surface area contributed by atoms with E-state index in [1.54, 1.807) is 0 Å². The molecule has 2 rings (SSSR count). The molecule has 0 bridgehead atoms. The number of nitrogens with one attached hydrogen (secondary N) is 1. The summed E-state index contributed by atoms with van der Waals surface area (Å²) in [7, 11) is 0. The van der Waals surface area contributed by atoms with E-state index >= 15 is 0 Å². The van der Waals surface area contributed by atoms with Gasteiger partial charge in [-0.05, 0) is 13.3 Å². The van der Waals surface area contributed by atoms with E-state index in [0.29, 0.717) is 6.04 Å². The summed E-state index contributed by atoms with van der Waals surface area (Å²) in [5, 5.41) is 4.67. The lowest BCUT2D eigenvalue weighted by Crippen LogP contribution is -2.49. The molecule has 1 aliphatic heterocycles. The van der Waals surface area contributed by atoms with Crippen LogP contribution in [0.1, 0.15) is 23.7 Å². The zero-order valence-electron chi connectivity index (χ0n) is 9.49. The van der Waals surface area contributed by atoms with Crippen LogP contribution >= 0.6 is 11.3 Å². The molecule has 1 fully saturated rings. The Morgan fingerprint density at radius 1 is 1.67 bits per heavy atom. The summed E-state index contributed by atoms with van der Waals surface area (Å²) >= 11 is 1.86. The van der Waals surface area contributed by atoms with Gasteiger partial charge in [0.05, 0.1) is 5.01 Å². The van der Waals surface area contributed by atoms with Crippen LogP contribution in [-0.2, 0) is 13.0 Å². The fourth-order valence-electron chi connectivity index (χ4n) is 1.90. The molecule has 1 saturated heterocycles. The van der Waals surface area contributed by atoms with Gasteiger partial charge in [0, 0.05) is 43.3 Å². The van der Waals surface area contributed by atoms with Crippen LogP contribution in [0.3, 0.4) is 0 Å². The molecule has 0 saturated carbocycles. The van der Waals surface area contributed by atoms with Crippen LogP contribution in [0.4, 0.5) is 0 Å². The van der Waals surface area contributed by atoms with Crippen molar-refractivity contribution in [1.82, 2.24) is 15.2 Å². The van der Waals surface area contributed by atoms with Gasteiger partial charge in [0.25, 0.3) is 0 Å². The van der Waals surface area contributed by atoms with E-state index < -0.39 is 0 Å². The van der Waals surface area contributed by atoms with Crippen LogP contribution in [-0.4, -0.2) is 35.6 Å². The molecule has 1 aliphatic rings. The Labute approximate surface area is 95.5 Å². The SMILES string of the molecule is CCc1ncc(CN2CCNC[C@@H]2C)s1. The molecule has 0 aliphatic carbocycles. The molecule has 1 N–H and O–H groups in total. The zero-order valence-corrected chi connectivity index (χ0v) is 10.3. The van der Waals surface area contributed by atoms with E-state index in [2.05, 4.69) is 29.0 Å². The van der Waals surface area contributed by atoms with Gasteiger partial charge in [-0.2, -0.15) is 0 Å². The van der Waals surface area contributed by atoms with Crippen LogP contribution in [0.2, 0.25) is 0 Å². The summed E-state index contributed by atoms with van der Waals surface area (Å²) in [6.07, 6.45) is 3.10. The first-order valence-electron chi connectivity index (χ1n) is 5.68. The normalized spacial score (nSPS) is 23.2. The lowest BCUT2D eigenvalue weighted by atomic mass is 10.2. The average Bonchev–Trinajstić information content (AvgIpc) is 2.69. The Hall–Kier alpha value is -0.450. The van der Waals surface area contributed by atoms with Crippen molar-refractivity contribution in [1.29, 1.82) is 0 Å². The van der Waals surface area contributed by atoms with E-state index in [-0.39, 0.29) is 0 Å². The van der Waals surface area contributed by atoms with Crippen LogP contribution in [0.25, 0.3) is 0 Å². The summed E-state index contributed by atoms with van der Waals surface area (Å²) in [4.78, 5) is 8.34. The van der Waals surface area contributed by atoms with E-state index in [1.807, 2.05) is 17.5 Å². The topological polar surface area (TPSA) is 28.2 Å². The van der Waals surface area contributed by atoms with Crippen molar-refractivity contribution in [3.05, 3.63) is 16.1 Å². The van der Waals surface area contributed by atoms with Crippen LogP contribution in [0.5, 0.6) is 0 Å². The van der Waals surface area contributed by atoms with Crippen molar-refractivity contribution < 1.29 is 0 Å². The van der Waals surface area contributed by atoms with E-state index in [1.165, 1.54) is 9.88 Å². The van der Waals surface area contributed by atoms with Gasteiger partial charge in [-0.3, -0.25) is 4.90 Å². The van der Waals surface area contributed by atoms with Gasteiger partial charge in [-0.1, -0.05) is 6.92 Å². The Morgan fingerprint density at radius 3 is 3.20 bits per heavy atom. The fourth-order valence-corrected chi connectivity index (χ4v) is 2.79. The molecule has 15 heavy (non-hydrogen) atoms. The monoisotopic (exact) mass is 225 g/mol. The molecule has 0 spiro atoms. The van der Waals surface area contributed by atoms with E-state index in [9.17, 15) is 0 Å². The van der Waals surface area contributed by atoms with Crippen LogP contribution < -0.4 is 5.32 Å². The smallest absolute Gasteiger partial charge is 0.0925 e. The predicted molar refractivity (Wildman–Crippen MR) is 64.2 cm³/mol. The molecule has 84 valence electrons. The van der Waals surface area contributed by atoms with Gasteiger partial charge < -0.3 is 5.32 Å². The summed E-state index contributed by atoms with van der Waals surface area (Å²) in [6.45, 7) is 8.90. The number of hydrogen-bond donors (Lipinski definition) is 1. The first kappa shape index (κ1) is 11.0. The second-order valence-electron chi connectivity index (χ2n) is 4.10. The maximum Gasteiger partial charge on any atom is 0.0925 e. The minimum Gasteiger partial charge on any atom is -0.314 e. The largest absolute Gasteiger partial charge is 0.314 e. The highest BCUT2D eigenvalue weighted by Crippen LogP contribution is 2.17. The third-order valence-corrected chi connectivity index (χ3v) is 4.03. The molecule has 0 amide bonds. The number of piperazine rings is 1. The Kier molecular flexibility index (Phi) is 3.72. The van der Waals surface area contributed by atoms with Gasteiger partial charge in [0.1, 0.15) is 0 Å². The van der Waals surface area contributed by atoms with Crippen molar-refractivity contribution in [2.24, 2.45) is 0 Å². The van der Waals surface area contributed by atoms with E-state index in [0.717, 1.165) is 32.6 Å². The summed E-state index contributed by atoms with van der Waals surface area (Å²) in [5.41, 5.74) is 0. The number of nitrogens with zero attached hydrogens (tertiary/aromatic N) is 2. The minimum absolute atomic E-state index is 0.644. The maximum atomic E-state index is 4.40. The van der Waals surface area contributed by atoms with Crippen molar-refractivity contribution in [3.8, 4) is 0 Å². The molecular weight excluding hydrogens is 206 g/mol. The highest BCUT2D eigenvalue weighted by molar-refractivity contribution is 7.11. The van der Waals surface area contributed by atoms with Crippen LogP contribution in [0.15, 0.2) is 6.20 Å². The van der Waals surface area contributed by atoms with Gasteiger partial charge in [0.2, 0.25) is 0 Å². The quantitative estimate of drug-likeness (QED) is 0.845. The standard InChI is InChI=1S/C11H19N3S/c1-3-11-13-7-10(15-11)8-14-5-4-12-6-9(14)2/h7,9,12H,3-6,8H2,1-2H3/t9-/m0/s1. The molecule has 4 heteroatoms. The lowest BCUT2D eigenvalue weighted by molar-refractivity contribution is 0.167. The predicted octanol–water partition coefficient (Wildman–Crippen LogP) is 1.50. The highest BCUT2D eigenvalue weighted by Gasteiger charge is 2.18. The second-order valence-corrected chi connectivity index (χ2v) is 5.30. The summed E-state index contributed by atoms with van der Waals surface area (Å²) in [6, 6.07) is 0.644. The summed E-state index contributed by atoms with van der Waals surface area (Å²) in [5.74, 6) is 0. The molecule has 1 atom stereocenters. The third kappa shape index (κ3) is 2.77. The van der Waals surface area contributed by atoms with Crippen molar-refractivity contribution in [2.45, 2.75) is 32.9 Å². The molecule has 0 radical (unpaired) electrons. The maximum absolute atomic E-state index is 4.40. The number of rotatable bonds is 3. The van der Waals surface area contributed by atoms with Crippen LogP contribution in [0, 0.1) is 0 Å². The average molecular weight is 225 g/mol. The Bertz CT molecular complexity index is 311. The first-order chi connectivity index (χ1) is 7.29. The number of aryl methyl sites for hydroxylation is 1. The highest BCUT2D eigenvalue weighted by atomic mass is 32.1. The van der Waals surface area contributed by atoms with Gasteiger partial charge in [0.15, 0.2) is 0 Å². The molecule has 1 aromatic rings. The number of aromatic nitrogens is 1. The molecule has 3 nitrogen and oxygen atoms in total. The van der Waals surface area contributed by atoms with Gasteiger partial charge in [-0.15, -0.1) is 11.3 Å². The van der Waals surface area contributed by atoms with Gasteiger partial charge in [-0.25, -0.2) is 4.98 Å². The summed E-state index contributed by atoms with van der Waals surface area (Å²) < 4.78 is 0. The Balaban J connectivity index is 1.95.